The normalized spacial score (nSPS) is 10.3. The SMILES string of the molecule is COC(=O)c1csc(-c2csc(C(=O)CBr)n2)n1. The van der Waals surface area contributed by atoms with Gasteiger partial charge in [0.05, 0.1) is 12.4 Å². The summed E-state index contributed by atoms with van der Waals surface area (Å²) in [5, 5.41) is 4.62. The van der Waals surface area contributed by atoms with Gasteiger partial charge in [-0.25, -0.2) is 14.8 Å². The number of Topliss-reactive ketones (excluding diaryl/α,β-unsaturated/α-hetero) is 1. The van der Waals surface area contributed by atoms with E-state index in [1.807, 2.05) is 0 Å². The number of halogens is 1. The van der Waals surface area contributed by atoms with Crippen LogP contribution in [0.2, 0.25) is 0 Å². The lowest BCUT2D eigenvalue weighted by Gasteiger charge is -1.91. The zero-order valence-corrected chi connectivity index (χ0v) is 12.4. The van der Waals surface area contributed by atoms with Crippen LogP contribution in [0.4, 0.5) is 0 Å². The highest BCUT2D eigenvalue weighted by atomic mass is 79.9. The molecule has 2 heterocycles. The van der Waals surface area contributed by atoms with E-state index in [-0.39, 0.29) is 16.8 Å². The number of rotatable bonds is 4. The molecule has 8 heteroatoms. The zero-order chi connectivity index (χ0) is 13.1. The van der Waals surface area contributed by atoms with Crippen molar-refractivity contribution in [2.45, 2.75) is 0 Å². The Labute approximate surface area is 119 Å². The molecule has 0 bridgehead atoms. The molecule has 0 aliphatic carbocycles. The number of ether oxygens (including phenoxy) is 1. The maximum atomic E-state index is 11.4. The summed E-state index contributed by atoms with van der Waals surface area (Å²) in [5.41, 5.74) is 0.850. The average molecular weight is 347 g/mol. The molecule has 0 atom stereocenters. The highest BCUT2D eigenvalue weighted by molar-refractivity contribution is 9.09. The molecule has 0 unspecified atom stereocenters. The number of nitrogens with zero attached hydrogens (tertiary/aromatic N) is 2. The molecule has 0 fully saturated rings. The quantitative estimate of drug-likeness (QED) is 0.483. The molecule has 0 aliphatic heterocycles. The Morgan fingerprint density at radius 2 is 2.11 bits per heavy atom. The number of thiazole rings is 2. The van der Waals surface area contributed by atoms with Crippen LogP contribution < -0.4 is 0 Å². The molecular weight excluding hydrogens is 340 g/mol. The van der Waals surface area contributed by atoms with E-state index in [9.17, 15) is 9.59 Å². The number of carbonyl (C=O) groups is 2. The summed E-state index contributed by atoms with van der Waals surface area (Å²) < 4.78 is 4.57. The molecule has 2 aromatic rings. The first-order chi connectivity index (χ1) is 8.65. The molecule has 0 N–H and O–H groups in total. The minimum absolute atomic E-state index is 0.0732. The minimum atomic E-state index is -0.482. The van der Waals surface area contributed by atoms with Gasteiger partial charge in [0, 0.05) is 10.8 Å². The lowest BCUT2D eigenvalue weighted by Crippen LogP contribution is -2.01. The molecule has 0 saturated carbocycles. The maximum absolute atomic E-state index is 11.4. The van der Waals surface area contributed by atoms with Gasteiger partial charge in [0.25, 0.3) is 0 Å². The number of ketones is 1. The van der Waals surface area contributed by atoms with Gasteiger partial charge in [-0.1, -0.05) is 15.9 Å². The van der Waals surface area contributed by atoms with E-state index in [2.05, 4.69) is 30.6 Å². The Bertz CT molecular complexity index is 541. The summed E-state index contributed by atoms with van der Waals surface area (Å²) in [5.74, 6) is -0.555. The van der Waals surface area contributed by atoms with Crippen LogP contribution in [-0.2, 0) is 4.74 Å². The van der Waals surface area contributed by atoms with E-state index in [0.29, 0.717) is 15.7 Å². The summed E-state index contributed by atoms with van der Waals surface area (Å²) in [7, 11) is 1.30. The van der Waals surface area contributed by atoms with Crippen molar-refractivity contribution in [3.8, 4) is 10.7 Å². The maximum Gasteiger partial charge on any atom is 0.357 e. The van der Waals surface area contributed by atoms with Crippen molar-refractivity contribution in [2.75, 3.05) is 12.4 Å². The smallest absolute Gasteiger partial charge is 0.357 e. The molecule has 0 radical (unpaired) electrons. The van der Waals surface area contributed by atoms with Gasteiger partial charge in [0.2, 0.25) is 5.78 Å². The van der Waals surface area contributed by atoms with E-state index >= 15 is 0 Å². The van der Waals surface area contributed by atoms with Crippen molar-refractivity contribution in [1.82, 2.24) is 9.97 Å². The van der Waals surface area contributed by atoms with E-state index in [1.165, 1.54) is 29.8 Å². The Kier molecular flexibility index (Phi) is 4.20. The van der Waals surface area contributed by atoms with Gasteiger partial charge >= 0.3 is 5.97 Å². The van der Waals surface area contributed by atoms with Gasteiger partial charge in [0.1, 0.15) is 10.7 Å². The number of hydrogen-bond acceptors (Lipinski definition) is 7. The highest BCUT2D eigenvalue weighted by Gasteiger charge is 2.15. The fourth-order valence-corrected chi connectivity index (χ4v) is 3.16. The fourth-order valence-electron chi connectivity index (χ4n) is 1.15. The Morgan fingerprint density at radius 1 is 1.33 bits per heavy atom. The van der Waals surface area contributed by atoms with Crippen LogP contribution in [0.5, 0.6) is 0 Å². The van der Waals surface area contributed by atoms with E-state index in [1.54, 1.807) is 10.8 Å². The number of carbonyl (C=O) groups excluding carboxylic acids is 2. The van der Waals surface area contributed by atoms with E-state index in [4.69, 9.17) is 0 Å². The summed E-state index contributed by atoms with van der Waals surface area (Å²) in [6, 6.07) is 0. The predicted molar refractivity (Wildman–Crippen MR) is 72.7 cm³/mol. The zero-order valence-electron chi connectivity index (χ0n) is 9.18. The van der Waals surface area contributed by atoms with Gasteiger partial charge in [-0.05, 0) is 0 Å². The van der Waals surface area contributed by atoms with Crippen LogP contribution in [0.25, 0.3) is 10.7 Å². The largest absolute Gasteiger partial charge is 0.464 e. The monoisotopic (exact) mass is 346 g/mol. The summed E-state index contributed by atoms with van der Waals surface area (Å²) >= 11 is 5.64. The third-order valence-corrected chi connectivity index (χ3v) is 4.24. The van der Waals surface area contributed by atoms with Crippen LogP contribution in [0, 0.1) is 0 Å². The summed E-state index contributed by atoms with van der Waals surface area (Å²) in [6.07, 6.45) is 0. The molecule has 5 nitrogen and oxygen atoms in total. The second kappa shape index (κ2) is 5.68. The van der Waals surface area contributed by atoms with Crippen molar-refractivity contribution in [1.29, 1.82) is 0 Å². The van der Waals surface area contributed by atoms with Crippen LogP contribution in [0.3, 0.4) is 0 Å². The van der Waals surface area contributed by atoms with Crippen molar-refractivity contribution < 1.29 is 14.3 Å². The van der Waals surface area contributed by atoms with Crippen LogP contribution >= 0.6 is 38.6 Å². The first-order valence-corrected chi connectivity index (χ1v) is 7.62. The van der Waals surface area contributed by atoms with Crippen LogP contribution in [-0.4, -0.2) is 34.2 Å². The van der Waals surface area contributed by atoms with Crippen molar-refractivity contribution in [2.24, 2.45) is 0 Å². The first kappa shape index (κ1) is 13.3. The molecule has 2 rings (SSSR count). The summed E-state index contributed by atoms with van der Waals surface area (Å²) in [6.45, 7) is 0. The molecular formula is C10H7BrN2O3S2. The Balaban J connectivity index is 2.26. The molecule has 2 aromatic heterocycles. The van der Waals surface area contributed by atoms with Gasteiger partial charge in [-0.3, -0.25) is 4.79 Å². The Hall–Kier alpha value is -1.12. The lowest BCUT2D eigenvalue weighted by molar-refractivity contribution is 0.0595. The molecule has 94 valence electrons. The lowest BCUT2D eigenvalue weighted by atomic mass is 10.4. The van der Waals surface area contributed by atoms with E-state index in [0.717, 1.165) is 0 Å². The second-order valence-electron chi connectivity index (χ2n) is 3.12. The van der Waals surface area contributed by atoms with Crippen molar-refractivity contribution >= 4 is 50.4 Å². The fraction of sp³-hybridized carbons (Fsp3) is 0.200. The minimum Gasteiger partial charge on any atom is -0.464 e. The molecule has 0 amide bonds. The number of hydrogen-bond donors (Lipinski definition) is 0. The number of aromatic nitrogens is 2. The molecule has 18 heavy (non-hydrogen) atoms. The predicted octanol–water partition coefficient (Wildman–Crippen LogP) is 2.63. The van der Waals surface area contributed by atoms with Gasteiger partial charge in [0.15, 0.2) is 10.7 Å². The summed E-state index contributed by atoms with van der Waals surface area (Å²) in [4.78, 5) is 31.0. The molecule has 0 saturated heterocycles. The van der Waals surface area contributed by atoms with Crippen LogP contribution in [0.1, 0.15) is 20.3 Å². The standard InChI is InChI=1S/C10H7BrN2O3S2/c1-16-10(15)6-4-17-8(13-6)5-3-18-9(12-5)7(14)2-11/h3-4H,2H2,1H3. The number of alkyl halides is 1. The molecule has 0 spiro atoms. The third-order valence-electron chi connectivity index (χ3n) is 1.98. The van der Waals surface area contributed by atoms with Crippen molar-refractivity contribution in [3.63, 3.8) is 0 Å². The molecule has 0 aliphatic rings. The average Bonchev–Trinajstić information content (AvgIpc) is 3.04. The topological polar surface area (TPSA) is 69.2 Å². The first-order valence-electron chi connectivity index (χ1n) is 4.74. The van der Waals surface area contributed by atoms with Crippen molar-refractivity contribution in [3.05, 3.63) is 21.5 Å². The number of esters is 1. The van der Waals surface area contributed by atoms with Crippen LogP contribution in [0.15, 0.2) is 10.8 Å². The molecule has 0 aromatic carbocycles. The third kappa shape index (κ3) is 2.65. The number of methoxy groups -OCH3 is 1. The van der Waals surface area contributed by atoms with Gasteiger partial charge in [-0.2, -0.15) is 0 Å². The van der Waals surface area contributed by atoms with E-state index < -0.39 is 5.97 Å². The van der Waals surface area contributed by atoms with Gasteiger partial charge in [-0.15, -0.1) is 22.7 Å². The Morgan fingerprint density at radius 3 is 2.78 bits per heavy atom. The van der Waals surface area contributed by atoms with Gasteiger partial charge < -0.3 is 4.74 Å². The highest BCUT2D eigenvalue weighted by Crippen LogP contribution is 2.26. The second-order valence-corrected chi connectivity index (χ2v) is 5.40.